The quantitative estimate of drug-likeness (QED) is 0.576. The molecule has 0 aromatic carbocycles. The van der Waals surface area contributed by atoms with Gasteiger partial charge in [-0.3, -0.25) is 23.6 Å². The number of amides is 2. The molecule has 0 saturated heterocycles. The van der Waals surface area contributed by atoms with Gasteiger partial charge in [-0.25, -0.2) is 4.98 Å². The first-order chi connectivity index (χ1) is 13.8. The maximum Gasteiger partial charge on any atom is 0.306 e. The molecule has 10 heteroatoms. The summed E-state index contributed by atoms with van der Waals surface area (Å²) in [5.41, 5.74) is 0.0688. The number of hydrogen-bond donors (Lipinski definition) is 2. The Balaban J connectivity index is 2.12. The Bertz CT molecular complexity index is 954. The third kappa shape index (κ3) is 6.39. The first kappa shape index (κ1) is 22.0. The number of nitrogens with zero attached hydrogens (tertiary/aromatic N) is 3. The number of ether oxygens (including phenoxy) is 1. The van der Waals surface area contributed by atoms with Crippen LogP contribution in [0.2, 0.25) is 0 Å². The van der Waals surface area contributed by atoms with Crippen molar-refractivity contribution in [2.45, 2.75) is 19.8 Å². The van der Waals surface area contributed by atoms with Gasteiger partial charge in [0.25, 0.3) is 11.5 Å². The fraction of sp³-hybridized carbons (Fsp3) is 0.421. The number of likely N-dealkylation sites (N-methyl/N-ethyl adjacent to an activating group) is 1. The standard InChI is InChI=1S/C19H25N5O5/c1-4-29-17(26)8-7-16(25)22-14-11-21-15-6-5-13(12-24(15)19(14)28)18(27)20-9-10-23(2)3/h5-6,11-12H,4,7-10H2,1-3H3,(H,20,27)(H,22,25). The zero-order valence-corrected chi connectivity index (χ0v) is 16.7. The molecular weight excluding hydrogens is 378 g/mol. The van der Waals surface area contributed by atoms with Crippen LogP contribution in [-0.4, -0.2) is 65.9 Å². The molecule has 0 bridgehead atoms. The van der Waals surface area contributed by atoms with Crippen molar-refractivity contribution in [1.29, 1.82) is 0 Å². The summed E-state index contributed by atoms with van der Waals surface area (Å²) in [5, 5.41) is 5.22. The lowest BCUT2D eigenvalue weighted by atomic mass is 10.2. The number of pyridine rings is 1. The third-order valence-corrected chi connectivity index (χ3v) is 3.94. The Hall–Kier alpha value is -3.27. The van der Waals surface area contributed by atoms with Crippen LogP contribution in [0.5, 0.6) is 0 Å². The lowest BCUT2D eigenvalue weighted by molar-refractivity contribution is -0.144. The molecule has 2 aromatic heterocycles. The number of carbonyl (C=O) groups is 3. The second kappa shape index (κ2) is 10.3. The van der Waals surface area contributed by atoms with Crippen LogP contribution in [0.1, 0.15) is 30.1 Å². The Morgan fingerprint density at radius 2 is 1.97 bits per heavy atom. The zero-order chi connectivity index (χ0) is 21.4. The molecule has 0 aliphatic carbocycles. The highest BCUT2D eigenvalue weighted by molar-refractivity contribution is 5.94. The van der Waals surface area contributed by atoms with Crippen LogP contribution in [0.15, 0.2) is 29.3 Å². The summed E-state index contributed by atoms with van der Waals surface area (Å²) in [6.45, 7) is 3.06. The van der Waals surface area contributed by atoms with Gasteiger partial charge in [0, 0.05) is 25.7 Å². The molecule has 29 heavy (non-hydrogen) atoms. The minimum Gasteiger partial charge on any atom is -0.466 e. The predicted octanol–water partition coefficient (Wildman–Crippen LogP) is 0.268. The van der Waals surface area contributed by atoms with Crippen LogP contribution in [0, 0.1) is 0 Å². The van der Waals surface area contributed by atoms with Crippen molar-refractivity contribution < 1.29 is 19.1 Å². The van der Waals surface area contributed by atoms with E-state index in [0.717, 1.165) is 0 Å². The van der Waals surface area contributed by atoms with Gasteiger partial charge in [0.2, 0.25) is 5.91 Å². The van der Waals surface area contributed by atoms with Crippen LogP contribution in [-0.2, 0) is 14.3 Å². The Morgan fingerprint density at radius 3 is 2.66 bits per heavy atom. The normalized spacial score (nSPS) is 10.8. The maximum absolute atomic E-state index is 12.7. The summed E-state index contributed by atoms with van der Waals surface area (Å²) < 4.78 is 5.96. The summed E-state index contributed by atoms with van der Waals surface area (Å²) >= 11 is 0. The van der Waals surface area contributed by atoms with Crippen molar-refractivity contribution in [3.05, 3.63) is 40.4 Å². The van der Waals surface area contributed by atoms with Crippen LogP contribution < -0.4 is 16.2 Å². The summed E-state index contributed by atoms with van der Waals surface area (Å²) in [6, 6.07) is 3.12. The Kier molecular flexibility index (Phi) is 7.84. The molecule has 2 aromatic rings. The fourth-order valence-electron chi connectivity index (χ4n) is 2.45. The minimum absolute atomic E-state index is 0.0403. The van der Waals surface area contributed by atoms with Crippen LogP contribution >= 0.6 is 0 Å². The van der Waals surface area contributed by atoms with E-state index >= 15 is 0 Å². The van der Waals surface area contributed by atoms with Gasteiger partial charge < -0.3 is 20.3 Å². The summed E-state index contributed by atoms with van der Waals surface area (Å²) in [7, 11) is 3.80. The second-order valence-electron chi connectivity index (χ2n) is 6.54. The molecule has 0 fully saturated rings. The van der Waals surface area contributed by atoms with Crippen LogP contribution in [0.25, 0.3) is 5.65 Å². The minimum atomic E-state index is -0.526. The molecule has 2 amide bonds. The molecule has 156 valence electrons. The topological polar surface area (TPSA) is 122 Å². The number of nitrogens with one attached hydrogen (secondary N) is 2. The van der Waals surface area contributed by atoms with Crippen LogP contribution in [0.4, 0.5) is 5.69 Å². The number of anilines is 1. The Labute approximate surface area is 167 Å². The van der Waals surface area contributed by atoms with Gasteiger partial charge in [-0.15, -0.1) is 0 Å². The van der Waals surface area contributed by atoms with Crippen molar-refractivity contribution in [2.24, 2.45) is 0 Å². The van der Waals surface area contributed by atoms with Gasteiger partial charge in [-0.2, -0.15) is 0 Å². The highest BCUT2D eigenvalue weighted by atomic mass is 16.5. The second-order valence-corrected chi connectivity index (χ2v) is 6.54. The monoisotopic (exact) mass is 403 g/mol. The van der Waals surface area contributed by atoms with E-state index in [1.807, 2.05) is 19.0 Å². The molecule has 0 spiro atoms. The summed E-state index contributed by atoms with van der Waals surface area (Å²) in [4.78, 5) is 54.3. The SMILES string of the molecule is CCOC(=O)CCC(=O)Nc1cnc2ccc(C(=O)NCCN(C)C)cn2c1=O. The first-order valence-corrected chi connectivity index (χ1v) is 9.21. The molecular formula is C19H25N5O5. The summed E-state index contributed by atoms with van der Waals surface area (Å²) in [5.74, 6) is -1.31. The van der Waals surface area contributed by atoms with Gasteiger partial charge in [-0.1, -0.05) is 0 Å². The molecule has 0 aliphatic heterocycles. The van der Waals surface area contributed by atoms with Gasteiger partial charge in [0.05, 0.1) is 24.8 Å². The summed E-state index contributed by atoms with van der Waals surface area (Å²) in [6.07, 6.45) is 2.43. The van der Waals surface area contributed by atoms with Gasteiger partial charge in [-0.05, 0) is 33.2 Å². The van der Waals surface area contributed by atoms with Crippen molar-refractivity contribution in [2.75, 3.05) is 39.1 Å². The number of esters is 1. The van der Waals surface area contributed by atoms with Crippen molar-refractivity contribution in [3.8, 4) is 0 Å². The van der Waals surface area contributed by atoms with E-state index in [-0.39, 0.29) is 31.0 Å². The first-order valence-electron chi connectivity index (χ1n) is 9.21. The van der Waals surface area contributed by atoms with E-state index < -0.39 is 17.4 Å². The molecule has 2 heterocycles. The molecule has 0 atom stereocenters. The van der Waals surface area contributed by atoms with E-state index in [4.69, 9.17) is 4.74 Å². The average Bonchev–Trinajstić information content (AvgIpc) is 2.68. The highest BCUT2D eigenvalue weighted by Crippen LogP contribution is 2.06. The lowest BCUT2D eigenvalue weighted by Gasteiger charge is -2.11. The number of carbonyl (C=O) groups excluding carboxylic acids is 3. The van der Waals surface area contributed by atoms with E-state index in [0.29, 0.717) is 24.3 Å². The zero-order valence-electron chi connectivity index (χ0n) is 16.7. The molecule has 0 aliphatic rings. The van der Waals surface area contributed by atoms with E-state index in [2.05, 4.69) is 15.6 Å². The van der Waals surface area contributed by atoms with Crippen molar-refractivity contribution >= 4 is 29.1 Å². The molecule has 2 rings (SSSR count). The van der Waals surface area contributed by atoms with Gasteiger partial charge >= 0.3 is 5.97 Å². The largest absolute Gasteiger partial charge is 0.466 e. The molecule has 0 radical (unpaired) electrons. The molecule has 2 N–H and O–H groups in total. The van der Waals surface area contributed by atoms with Crippen molar-refractivity contribution in [3.63, 3.8) is 0 Å². The maximum atomic E-state index is 12.7. The Morgan fingerprint density at radius 1 is 1.21 bits per heavy atom. The number of aromatic nitrogens is 2. The molecule has 0 unspecified atom stereocenters. The fourth-order valence-corrected chi connectivity index (χ4v) is 2.45. The van der Waals surface area contributed by atoms with Gasteiger partial charge in [0.15, 0.2) is 0 Å². The number of hydrogen-bond acceptors (Lipinski definition) is 7. The van der Waals surface area contributed by atoms with Gasteiger partial charge in [0.1, 0.15) is 11.3 Å². The van der Waals surface area contributed by atoms with E-state index in [9.17, 15) is 19.2 Å². The van der Waals surface area contributed by atoms with Crippen molar-refractivity contribution in [1.82, 2.24) is 19.6 Å². The average molecular weight is 403 g/mol. The molecule has 10 nitrogen and oxygen atoms in total. The van der Waals surface area contributed by atoms with E-state index in [1.165, 1.54) is 16.8 Å². The third-order valence-electron chi connectivity index (χ3n) is 3.94. The van der Waals surface area contributed by atoms with E-state index in [1.54, 1.807) is 19.1 Å². The smallest absolute Gasteiger partial charge is 0.306 e. The number of fused-ring (bicyclic) bond motifs is 1. The number of rotatable bonds is 9. The van der Waals surface area contributed by atoms with Crippen LogP contribution in [0.3, 0.4) is 0 Å². The molecule has 0 saturated carbocycles. The lowest BCUT2D eigenvalue weighted by Crippen LogP contribution is -2.32. The highest BCUT2D eigenvalue weighted by Gasteiger charge is 2.13. The predicted molar refractivity (Wildman–Crippen MR) is 107 cm³/mol.